The van der Waals surface area contributed by atoms with Gasteiger partial charge in [0.1, 0.15) is 0 Å². The monoisotopic (exact) mass is 769 g/mol. The number of fused-ring (bicyclic) bond motifs is 2. The van der Waals surface area contributed by atoms with E-state index < -0.39 is 0 Å². The fourth-order valence-electron chi connectivity index (χ4n) is 8.40. The number of nitrogens with zero attached hydrogens (tertiary/aromatic N) is 3. The molecule has 0 radical (unpaired) electrons. The molecule has 0 unspecified atom stereocenters. The molecule has 3 nitrogen and oxygen atoms in total. The molecule has 0 saturated heterocycles. The summed E-state index contributed by atoms with van der Waals surface area (Å²) in [5.41, 5.74) is 13.6. The maximum absolute atomic E-state index is 5.30. The lowest BCUT2D eigenvalue weighted by atomic mass is 9.85. The van der Waals surface area contributed by atoms with Gasteiger partial charge in [0.2, 0.25) is 0 Å². The first kappa shape index (κ1) is 36.8. The molecule has 60 heavy (non-hydrogen) atoms. The van der Waals surface area contributed by atoms with Crippen LogP contribution in [0.4, 0.5) is 0 Å². The van der Waals surface area contributed by atoms with Crippen LogP contribution in [0.3, 0.4) is 0 Å². The van der Waals surface area contributed by atoms with Gasteiger partial charge in [-0.1, -0.05) is 221 Å². The SMILES string of the molecule is CC(C)(C)c1ccc(-c2ccc(-c3ccc(-c4nc(-c5ccc(-c6ccccc6)cc5)nc(-c5ccccc5-c5ccccc5)n4)c4ccccc34)c3ccccc23)cc1. The van der Waals surface area contributed by atoms with E-state index in [1.54, 1.807) is 0 Å². The molecule has 1 aromatic heterocycles. The van der Waals surface area contributed by atoms with Crippen molar-refractivity contribution >= 4 is 21.5 Å². The minimum absolute atomic E-state index is 0.100. The Bertz CT molecular complexity index is 3140. The maximum Gasteiger partial charge on any atom is 0.164 e. The summed E-state index contributed by atoms with van der Waals surface area (Å²) >= 11 is 0. The second-order valence-electron chi connectivity index (χ2n) is 16.4. The molecule has 3 heteroatoms. The molecule has 0 fully saturated rings. The van der Waals surface area contributed by atoms with Crippen LogP contribution < -0.4 is 0 Å². The molecule has 0 aliphatic rings. The Morgan fingerprint density at radius 2 is 0.617 bits per heavy atom. The molecule has 0 amide bonds. The van der Waals surface area contributed by atoms with Gasteiger partial charge in [0.15, 0.2) is 17.5 Å². The smallest absolute Gasteiger partial charge is 0.164 e. The lowest BCUT2D eigenvalue weighted by Crippen LogP contribution is -2.10. The van der Waals surface area contributed by atoms with Gasteiger partial charge in [-0.2, -0.15) is 0 Å². The van der Waals surface area contributed by atoms with Crippen LogP contribution in [0.25, 0.3) is 100 Å². The number of hydrogen-bond acceptors (Lipinski definition) is 3. The molecule has 0 atom stereocenters. The highest BCUT2D eigenvalue weighted by atomic mass is 15.0. The van der Waals surface area contributed by atoms with Crippen molar-refractivity contribution in [2.45, 2.75) is 26.2 Å². The van der Waals surface area contributed by atoms with Gasteiger partial charge in [-0.25, -0.2) is 15.0 Å². The third-order valence-corrected chi connectivity index (χ3v) is 11.6. The molecule has 0 aliphatic heterocycles. The second kappa shape index (κ2) is 15.4. The summed E-state index contributed by atoms with van der Waals surface area (Å²) in [6.45, 7) is 6.78. The highest BCUT2D eigenvalue weighted by Crippen LogP contribution is 2.42. The molecule has 0 spiro atoms. The molecule has 286 valence electrons. The van der Waals surface area contributed by atoms with Crippen LogP contribution in [0.2, 0.25) is 0 Å². The summed E-state index contributed by atoms with van der Waals surface area (Å²) in [5.74, 6) is 1.89. The van der Waals surface area contributed by atoms with Crippen molar-refractivity contribution in [2.75, 3.05) is 0 Å². The van der Waals surface area contributed by atoms with Crippen molar-refractivity contribution in [3.8, 4) is 78.7 Å². The number of hydrogen-bond donors (Lipinski definition) is 0. The molecule has 0 aliphatic carbocycles. The van der Waals surface area contributed by atoms with Crippen LogP contribution in [-0.4, -0.2) is 15.0 Å². The zero-order valence-electron chi connectivity index (χ0n) is 34.0. The molecule has 9 aromatic carbocycles. The number of benzene rings is 9. The lowest BCUT2D eigenvalue weighted by molar-refractivity contribution is 0.590. The number of aromatic nitrogens is 3. The van der Waals surface area contributed by atoms with Crippen LogP contribution in [-0.2, 0) is 5.41 Å². The molecule has 10 rings (SSSR count). The van der Waals surface area contributed by atoms with Crippen LogP contribution in [0.1, 0.15) is 26.3 Å². The Morgan fingerprint density at radius 3 is 1.20 bits per heavy atom. The maximum atomic E-state index is 5.30. The minimum atomic E-state index is 0.100. The van der Waals surface area contributed by atoms with E-state index in [1.807, 2.05) is 12.1 Å². The molecule has 1 heterocycles. The van der Waals surface area contributed by atoms with Crippen molar-refractivity contribution in [1.82, 2.24) is 15.0 Å². The Morgan fingerprint density at radius 1 is 0.250 bits per heavy atom. The highest BCUT2D eigenvalue weighted by Gasteiger charge is 2.20. The largest absolute Gasteiger partial charge is 0.208 e. The third-order valence-electron chi connectivity index (χ3n) is 11.6. The topological polar surface area (TPSA) is 38.7 Å². The van der Waals surface area contributed by atoms with Gasteiger partial charge >= 0.3 is 0 Å². The van der Waals surface area contributed by atoms with E-state index in [1.165, 1.54) is 44.2 Å². The van der Waals surface area contributed by atoms with Crippen LogP contribution in [0.15, 0.2) is 206 Å². The van der Waals surface area contributed by atoms with Gasteiger partial charge in [0.25, 0.3) is 0 Å². The number of rotatable bonds is 7. The fourth-order valence-corrected chi connectivity index (χ4v) is 8.40. The van der Waals surface area contributed by atoms with Gasteiger partial charge in [0, 0.05) is 16.7 Å². The average molecular weight is 770 g/mol. The van der Waals surface area contributed by atoms with Crippen molar-refractivity contribution in [1.29, 1.82) is 0 Å². The van der Waals surface area contributed by atoms with E-state index in [2.05, 4.69) is 215 Å². The summed E-state index contributed by atoms with van der Waals surface area (Å²) in [4.78, 5) is 15.7. The molecular formula is C57H43N3. The first-order valence-electron chi connectivity index (χ1n) is 20.6. The molecule has 0 bridgehead atoms. The van der Waals surface area contributed by atoms with Gasteiger partial charge in [-0.15, -0.1) is 0 Å². The van der Waals surface area contributed by atoms with Crippen LogP contribution in [0, 0.1) is 0 Å². The summed E-state index contributed by atoms with van der Waals surface area (Å²) in [6, 6.07) is 73.3. The predicted molar refractivity (Wildman–Crippen MR) is 252 cm³/mol. The highest BCUT2D eigenvalue weighted by molar-refractivity contribution is 6.12. The van der Waals surface area contributed by atoms with Crippen LogP contribution >= 0.6 is 0 Å². The van der Waals surface area contributed by atoms with E-state index in [0.29, 0.717) is 17.5 Å². The summed E-state index contributed by atoms with van der Waals surface area (Å²) in [7, 11) is 0. The van der Waals surface area contributed by atoms with Crippen molar-refractivity contribution < 1.29 is 0 Å². The molecule has 10 aromatic rings. The van der Waals surface area contributed by atoms with E-state index >= 15 is 0 Å². The van der Waals surface area contributed by atoms with E-state index in [4.69, 9.17) is 15.0 Å². The Kier molecular flexibility index (Phi) is 9.42. The molecular weight excluding hydrogens is 727 g/mol. The Balaban J connectivity index is 1.13. The summed E-state index contributed by atoms with van der Waals surface area (Å²) in [6.07, 6.45) is 0. The van der Waals surface area contributed by atoms with E-state index in [0.717, 1.165) is 44.2 Å². The predicted octanol–water partition coefficient (Wildman–Crippen LogP) is 15.1. The average Bonchev–Trinajstić information content (AvgIpc) is 3.31. The quantitative estimate of drug-likeness (QED) is 0.162. The van der Waals surface area contributed by atoms with Crippen LogP contribution in [0.5, 0.6) is 0 Å². The first-order chi connectivity index (χ1) is 29.4. The van der Waals surface area contributed by atoms with E-state index in [9.17, 15) is 0 Å². The standard InChI is InChI=1S/C57H43N3/c1-57(2,3)43-32-30-41(31-33-43)45-34-35-50(47-22-12-11-21-46(45)47)51-36-37-53(49-24-14-13-23-48(49)51)56-59-54(42-28-26-39(27-29-42)38-16-6-4-7-17-38)58-55(60-56)52-25-15-10-20-44(52)40-18-8-5-9-19-40/h4-37H,1-3H3. The van der Waals surface area contributed by atoms with Crippen molar-refractivity contribution in [3.05, 3.63) is 212 Å². The Hall–Kier alpha value is -7.49. The zero-order chi connectivity index (χ0) is 40.6. The normalized spacial score (nSPS) is 11.6. The summed E-state index contributed by atoms with van der Waals surface area (Å²) in [5, 5.41) is 4.67. The van der Waals surface area contributed by atoms with Crippen molar-refractivity contribution in [3.63, 3.8) is 0 Å². The van der Waals surface area contributed by atoms with Gasteiger partial charge in [-0.3, -0.25) is 0 Å². The molecule has 0 N–H and O–H groups in total. The third kappa shape index (κ3) is 6.95. The Labute approximate surface area is 351 Å². The lowest BCUT2D eigenvalue weighted by Gasteiger charge is -2.20. The van der Waals surface area contributed by atoms with Gasteiger partial charge in [-0.05, 0) is 83.1 Å². The van der Waals surface area contributed by atoms with Crippen molar-refractivity contribution in [2.24, 2.45) is 0 Å². The van der Waals surface area contributed by atoms with Gasteiger partial charge < -0.3 is 0 Å². The second-order valence-corrected chi connectivity index (χ2v) is 16.4. The molecule has 0 saturated carbocycles. The van der Waals surface area contributed by atoms with Gasteiger partial charge in [0.05, 0.1) is 0 Å². The first-order valence-corrected chi connectivity index (χ1v) is 20.6. The van der Waals surface area contributed by atoms with E-state index in [-0.39, 0.29) is 5.41 Å². The fraction of sp³-hybridized carbons (Fsp3) is 0.0702. The zero-order valence-corrected chi connectivity index (χ0v) is 34.0. The summed E-state index contributed by atoms with van der Waals surface area (Å²) < 4.78 is 0. The minimum Gasteiger partial charge on any atom is -0.208 e.